The maximum absolute atomic E-state index is 6.01. The molecule has 1 fully saturated rings. The molecule has 4 nitrogen and oxygen atoms in total. The minimum absolute atomic E-state index is 0.562. The Morgan fingerprint density at radius 3 is 2.82 bits per heavy atom. The van der Waals surface area contributed by atoms with E-state index >= 15 is 0 Å². The molecule has 0 unspecified atom stereocenters. The first-order valence-corrected chi connectivity index (χ1v) is 6.12. The first-order valence-electron chi connectivity index (χ1n) is 5.74. The number of halogens is 1. The van der Waals surface area contributed by atoms with Crippen LogP contribution in [-0.4, -0.2) is 44.4 Å². The number of nitrogens with zero attached hydrogens (tertiary/aromatic N) is 1. The Bertz CT molecular complexity index is 347. The van der Waals surface area contributed by atoms with Gasteiger partial charge in [0.25, 0.3) is 0 Å². The fourth-order valence-electron chi connectivity index (χ4n) is 1.78. The van der Waals surface area contributed by atoms with Crippen molar-refractivity contribution in [1.29, 1.82) is 0 Å². The highest BCUT2D eigenvalue weighted by Gasteiger charge is 2.11. The van der Waals surface area contributed by atoms with Gasteiger partial charge < -0.3 is 15.2 Å². The van der Waals surface area contributed by atoms with E-state index in [1.54, 1.807) is 12.1 Å². The van der Waals surface area contributed by atoms with Gasteiger partial charge in [-0.2, -0.15) is 0 Å². The van der Waals surface area contributed by atoms with Gasteiger partial charge in [-0.3, -0.25) is 4.90 Å². The summed E-state index contributed by atoms with van der Waals surface area (Å²) in [5, 5.41) is 0.562. The molecule has 1 aliphatic heterocycles. The van der Waals surface area contributed by atoms with Gasteiger partial charge in [0.2, 0.25) is 0 Å². The number of anilines is 1. The van der Waals surface area contributed by atoms with E-state index in [9.17, 15) is 0 Å². The lowest BCUT2D eigenvalue weighted by Crippen LogP contribution is -2.38. The standard InChI is InChI=1S/C12H17ClN2O2/c13-10-2-1-3-11(14)12(10)17-9-6-15-4-7-16-8-5-15/h1-3H,4-9,14H2. The van der Waals surface area contributed by atoms with E-state index < -0.39 is 0 Å². The molecule has 0 bridgehead atoms. The van der Waals surface area contributed by atoms with Gasteiger partial charge in [0, 0.05) is 19.6 Å². The molecule has 5 heteroatoms. The number of para-hydroxylation sites is 1. The molecular weight excluding hydrogens is 240 g/mol. The highest BCUT2D eigenvalue weighted by Crippen LogP contribution is 2.30. The number of hydrogen-bond donors (Lipinski definition) is 1. The molecule has 0 aromatic heterocycles. The fourth-order valence-corrected chi connectivity index (χ4v) is 2.02. The summed E-state index contributed by atoms with van der Waals surface area (Å²) in [6.45, 7) is 4.98. The second kappa shape index (κ2) is 6.10. The van der Waals surface area contributed by atoms with E-state index in [2.05, 4.69) is 4.90 Å². The van der Waals surface area contributed by atoms with E-state index in [0.717, 1.165) is 32.8 Å². The van der Waals surface area contributed by atoms with Crippen LogP contribution in [0.15, 0.2) is 18.2 Å². The summed E-state index contributed by atoms with van der Waals surface area (Å²) in [7, 11) is 0. The Morgan fingerprint density at radius 2 is 2.12 bits per heavy atom. The second-order valence-electron chi connectivity index (χ2n) is 3.96. The van der Waals surface area contributed by atoms with Crippen molar-refractivity contribution in [2.75, 3.05) is 45.2 Å². The zero-order chi connectivity index (χ0) is 12.1. The number of hydrogen-bond acceptors (Lipinski definition) is 4. The van der Waals surface area contributed by atoms with Crippen molar-refractivity contribution in [3.8, 4) is 5.75 Å². The fraction of sp³-hybridized carbons (Fsp3) is 0.500. The van der Waals surface area contributed by atoms with Gasteiger partial charge in [-0.25, -0.2) is 0 Å². The predicted octanol–water partition coefficient (Wildman–Crippen LogP) is 1.63. The Hall–Kier alpha value is -0.970. The Morgan fingerprint density at radius 1 is 1.35 bits per heavy atom. The SMILES string of the molecule is Nc1cccc(Cl)c1OCCN1CCOCC1. The van der Waals surface area contributed by atoms with Crippen LogP contribution in [0.25, 0.3) is 0 Å². The molecule has 0 aliphatic carbocycles. The molecule has 17 heavy (non-hydrogen) atoms. The molecule has 1 aromatic rings. The molecule has 2 rings (SSSR count). The van der Waals surface area contributed by atoms with Crippen molar-refractivity contribution in [1.82, 2.24) is 4.90 Å². The quantitative estimate of drug-likeness (QED) is 0.832. The third kappa shape index (κ3) is 3.49. The number of benzene rings is 1. The van der Waals surface area contributed by atoms with E-state index in [-0.39, 0.29) is 0 Å². The number of morpholine rings is 1. The zero-order valence-corrected chi connectivity index (χ0v) is 10.4. The molecule has 1 aliphatic rings. The summed E-state index contributed by atoms with van der Waals surface area (Å²) in [5.41, 5.74) is 6.38. The molecule has 0 saturated carbocycles. The summed E-state index contributed by atoms with van der Waals surface area (Å²) in [6, 6.07) is 5.38. The Labute approximate surface area is 106 Å². The lowest BCUT2D eigenvalue weighted by molar-refractivity contribution is 0.0323. The summed E-state index contributed by atoms with van der Waals surface area (Å²) >= 11 is 6.01. The molecule has 94 valence electrons. The molecule has 0 atom stereocenters. The molecular formula is C12H17ClN2O2. The smallest absolute Gasteiger partial charge is 0.160 e. The first kappa shape index (κ1) is 12.5. The van der Waals surface area contributed by atoms with Crippen LogP contribution >= 0.6 is 11.6 Å². The van der Waals surface area contributed by atoms with Crippen LogP contribution in [0.5, 0.6) is 5.75 Å². The van der Waals surface area contributed by atoms with Crippen molar-refractivity contribution >= 4 is 17.3 Å². The number of ether oxygens (including phenoxy) is 2. The van der Waals surface area contributed by atoms with Gasteiger partial charge in [0.1, 0.15) is 6.61 Å². The maximum Gasteiger partial charge on any atom is 0.160 e. The van der Waals surface area contributed by atoms with Gasteiger partial charge >= 0.3 is 0 Å². The van der Waals surface area contributed by atoms with E-state index in [0.29, 0.717) is 23.1 Å². The summed E-state index contributed by atoms with van der Waals surface area (Å²) in [5.74, 6) is 0.586. The Balaban J connectivity index is 1.81. The molecule has 1 saturated heterocycles. The average Bonchev–Trinajstić information content (AvgIpc) is 2.34. The Kier molecular flexibility index (Phi) is 4.48. The van der Waals surface area contributed by atoms with Crippen LogP contribution in [-0.2, 0) is 4.74 Å². The van der Waals surface area contributed by atoms with Gasteiger partial charge in [0.15, 0.2) is 5.75 Å². The number of rotatable bonds is 4. The van der Waals surface area contributed by atoms with Crippen LogP contribution in [0.2, 0.25) is 5.02 Å². The lowest BCUT2D eigenvalue weighted by atomic mass is 10.3. The molecule has 1 heterocycles. The van der Waals surface area contributed by atoms with Crippen LogP contribution in [0.3, 0.4) is 0 Å². The minimum Gasteiger partial charge on any atom is -0.489 e. The third-order valence-corrected chi connectivity index (χ3v) is 3.05. The van der Waals surface area contributed by atoms with Crippen LogP contribution in [0.4, 0.5) is 5.69 Å². The van der Waals surface area contributed by atoms with Gasteiger partial charge in [-0.05, 0) is 12.1 Å². The van der Waals surface area contributed by atoms with Crippen LogP contribution in [0, 0.1) is 0 Å². The van der Waals surface area contributed by atoms with Crippen LogP contribution < -0.4 is 10.5 Å². The van der Waals surface area contributed by atoms with E-state index in [4.69, 9.17) is 26.8 Å². The zero-order valence-electron chi connectivity index (χ0n) is 9.69. The van der Waals surface area contributed by atoms with Gasteiger partial charge in [0.05, 0.1) is 23.9 Å². The number of nitrogens with two attached hydrogens (primary N) is 1. The van der Waals surface area contributed by atoms with Crippen molar-refractivity contribution < 1.29 is 9.47 Å². The van der Waals surface area contributed by atoms with Crippen molar-refractivity contribution in [2.24, 2.45) is 0 Å². The molecule has 1 aromatic carbocycles. The summed E-state index contributed by atoms with van der Waals surface area (Å²) in [4.78, 5) is 2.30. The first-order chi connectivity index (χ1) is 8.27. The van der Waals surface area contributed by atoms with Crippen molar-refractivity contribution in [3.63, 3.8) is 0 Å². The second-order valence-corrected chi connectivity index (χ2v) is 4.37. The van der Waals surface area contributed by atoms with Crippen molar-refractivity contribution in [3.05, 3.63) is 23.2 Å². The summed E-state index contributed by atoms with van der Waals surface area (Å²) in [6.07, 6.45) is 0. The largest absolute Gasteiger partial charge is 0.489 e. The monoisotopic (exact) mass is 256 g/mol. The number of nitrogen functional groups attached to an aromatic ring is 1. The molecule has 2 N–H and O–H groups in total. The maximum atomic E-state index is 6.01. The average molecular weight is 257 g/mol. The lowest BCUT2D eigenvalue weighted by Gasteiger charge is -2.26. The molecule has 0 spiro atoms. The van der Waals surface area contributed by atoms with Crippen LogP contribution in [0.1, 0.15) is 0 Å². The minimum atomic E-state index is 0.562. The van der Waals surface area contributed by atoms with Gasteiger partial charge in [-0.1, -0.05) is 17.7 Å². The molecule has 0 amide bonds. The topological polar surface area (TPSA) is 47.7 Å². The molecule has 0 radical (unpaired) electrons. The van der Waals surface area contributed by atoms with Crippen molar-refractivity contribution in [2.45, 2.75) is 0 Å². The highest BCUT2D eigenvalue weighted by atomic mass is 35.5. The van der Waals surface area contributed by atoms with E-state index in [1.807, 2.05) is 6.07 Å². The van der Waals surface area contributed by atoms with Gasteiger partial charge in [-0.15, -0.1) is 0 Å². The third-order valence-electron chi connectivity index (χ3n) is 2.76. The highest BCUT2D eigenvalue weighted by molar-refractivity contribution is 6.32. The summed E-state index contributed by atoms with van der Waals surface area (Å²) < 4.78 is 10.9. The van der Waals surface area contributed by atoms with E-state index in [1.165, 1.54) is 0 Å². The predicted molar refractivity (Wildman–Crippen MR) is 68.6 cm³/mol. The normalized spacial score (nSPS) is 17.0.